The topological polar surface area (TPSA) is 71.8 Å². The molecule has 24 heavy (non-hydrogen) atoms. The lowest BCUT2D eigenvalue weighted by Gasteiger charge is -2.27. The second-order valence-corrected chi connectivity index (χ2v) is 6.55. The molecule has 2 N–H and O–H groups in total. The molecule has 2 aromatic rings. The summed E-state index contributed by atoms with van der Waals surface area (Å²) in [6.07, 6.45) is 6.15. The van der Waals surface area contributed by atoms with E-state index in [0.29, 0.717) is 24.8 Å². The van der Waals surface area contributed by atoms with Gasteiger partial charge in [-0.3, -0.25) is 4.79 Å². The molecule has 2 heterocycles. The summed E-state index contributed by atoms with van der Waals surface area (Å²) in [4.78, 5) is 16.1. The van der Waals surface area contributed by atoms with Crippen molar-refractivity contribution in [2.45, 2.75) is 32.7 Å². The third-order valence-corrected chi connectivity index (χ3v) is 4.81. The van der Waals surface area contributed by atoms with Crippen molar-refractivity contribution in [1.29, 1.82) is 0 Å². The Morgan fingerprint density at radius 1 is 1.33 bits per heavy atom. The molecular weight excluding hydrogens is 302 g/mol. The predicted molar refractivity (Wildman–Crippen MR) is 92.6 cm³/mol. The highest BCUT2D eigenvalue weighted by Crippen LogP contribution is 2.24. The summed E-state index contributed by atoms with van der Waals surface area (Å²) in [5, 5.41) is 10.5. The van der Waals surface area contributed by atoms with E-state index < -0.39 is 0 Å². The van der Waals surface area contributed by atoms with E-state index in [2.05, 4.69) is 27.6 Å². The molecule has 128 valence electrons. The van der Waals surface area contributed by atoms with Crippen molar-refractivity contribution < 1.29 is 4.79 Å². The van der Waals surface area contributed by atoms with Crippen LogP contribution in [0.2, 0.25) is 0 Å². The van der Waals surface area contributed by atoms with Crippen LogP contribution in [0.15, 0.2) is 36.9 Å². The summed E-state index contributed by atoms with van der Waals surface area (Å²) in [6, 6.07) is 7.97. The van der Waals surface area contributed by atoms with Gasteiger partial charge in [0.1, 0.15) is 12.7 Å². The van der Waals surface area contributed by atoms with E-state index in [-0.39, 0.29) is 5.91 Å². The maximum atomic E-state index is 12.2. The Morgan fingerprint density at radius 2 is 2.08 bits per heavy atom. The number of benzene rings is 1. The van der Waals surface area contributed by atoms with Crippen LogP contribution in [0.5, 0.6) is 0 Å². The third-order valence-electron chi connectivity index (χ3n) is 4.81. The molecule has 1 aliphatic heterocycles. The predicted octanol–water partition coefficient (Wildman–Crippen LogP) is 1.91. The van der Waals surface area contributed by atoms with Gasteiger partial charge in [0.25, 0.3) is 0 Å². The molecule has 0 bridgehead atoms. The van der Waals surface area contributed by atoms with Gasteiger partial charge in [-0.05, 0) is 55.5 Å². The highest BCUT2D eigenvalue weighted by atomic mass is 16.1. The van der Waals surface area contributed by atoms with Crippen LogP contribution >= 0.6 is 0 Å². The molecule has 1 aliphatic rings. The van der Waals surface area contributed by atoms with Gasteiger partial charge in [-0.15, -0.1) is 0 Å². The van der Waals surface area contributed by atoms with Crippen LogP contribution in [-0.4, -0.2) is 33.8 Å². The summed E-state index contributed by atoms with van der Waals surface area (Å²) in [6.45, 7) is 4.92. The molecule has 6 heteroatoms. The molecule has 0 radical (unpaired) electrons. The fourth-order valence-corrected chi connectivity index (χ4v) is 3.25. The van der Waals surface area contributed by atoms with Crippen molar-refractivity contribution in [2.75, 3.05) is 13.1 Å². The fraction of sp³-hybridized carbons (Fsp3) is 0.500. The molecule has 1 saturated heterocycles. The van der Waals surface area contributed by atoms with Crippen LogP contribution in [0.25, 0.3) is 5.69 Å². The van der Waals surface area contributed by atoms with Gasteiger partial charge in [0.15, 0.2) is 0 Å². The Bertz CT molecular complexity index is 632. The van der Waals surface area contributed by atoms with E-state index in [4.69, 9.17) is 0 Å². The zero-order valence-corrected chi connectivity index (χ0v) is 14.1. The number of hydrogen-bond donors (Lipinski definition) is 2. The van der Waals surface area contributed by atoms with Crippen molar-refractivity contribution in [3.05, 3.63) is 42.5 Å². The minimum atomic E-state index is 0.140. The monoisotopic (exact) mass is 327 g/mol. The number of amides is 1. The van der Waals surface area contributed by atoms with Crippen molar-refractivity contribution in [3.8, 4) is 5.69 Å². The maximum absolute atomic E-state index is 12.2. The second-order valence-electron chi connectivity index (χ2n) is 6.55. The summed E-state index contributed by atoms with van der Waals surface area (Å²) < 4.78 is 1.71. The summed E-state index contributed by atoms with van der Waals surface area (Å²) in [5.74, 6) is 1.25. The average Bonchev–Trinajstić information content (AvgIpc) is 3.16. The molecule has 0 aliphatic carbocycles. The molecule has 3 rings (SSSR count). The number of hydrogen-bond acceptors (Lipinski definition) is 4. The first-order chi connectivity index (χ1) is 11.7. The second kappa shape index (κ2) is 8.06. The Labute approximate surface area is 142 Å². The Kier molecular flexibility index (Phi) is 5.59. The largest absolute Gasteiger partial charge is 0.352 e. The number of nitrogens with zero attached hydrogens (tertiary/aromatic N) is 3. The van der Waals surface area contributed by atoms with Gasteiger partial charge in [-0.2, -0.15) is 5.10 Å². The Hall–Kier alpha value is -2.21. The van der Waals surface area contributed by atoms with E-state index in [1.165, 1.54) is 19.2 Å². The maximum Gasteiger partial charge on any atom is 0.220 e. The van der Waals surface area contributed by atoms with Crippen molar-refractivity contribution in [2.24, 2.45) is 11.8 Å². The first kappa shape index (κ1) is 16.6. The van der Waals surface area contributed by atoms with Crippen molar-refractivity contribution in [1.82, 2.24) is 25.4 Å². The first-order valence-corrected chi connectivity index (χ1v) is 8.64. The minimum absolute atomic E-state index is 0.140. The van der Waals surface area contributed by atoms with Crippen molar-refractivity contribution in [3.63, 3.8) is 0 Å². The molecule has 1 atom stereocenters. The van der Waals surface area contributed by atoms with E-state index in [9.17, 15) is 4.79 Å². The lowest BCUT2D eigenvalue weighted by molar-refractivity contribution is -0.122. The van der Waals surface area contributed by atoms with Crippen LogP contribution in [0.3, 0.4) is 0 Å². The highest BCUT2D eigenvalue weighted by Gasteiger charge is 2.21. The zero-order valence-electron chi connectivity index (χ0n) is 14.1. The minimum Gasteiger partial charge on any atom is -0.352 e. The Morgan fingerprint density at radius 3 is 2.75 bits per heavy atom. The summed E-state index contributed by atoms with van der Waals surface area (Å²) in [5.41, 5.74) is 2.05. The number of carbonyl (C=O) groups excluding carboxylic acids is 1. The molecule has 1 fully saturated rings. The van der Waals surface area contributed by atoms with Crippen molar-refractivity contribution >= 4 is 5.91 Å². The fourth-order valence-electron chi connectivity index (χ4n) is 3.25. The number of carbonyl (C=O) groups is 1. The van der Waals surface area contributed by atoms with Crippen LogP contribution in [-0.2, 0) is 11.3 Å². The number of nitrogens with one attached hydrogen (secondary N) is 2. The van der Waals surface area contributed by atoms with Gasteiger partial charge in [0.05, 0.1) is 5.69 Å². The SMILES string of the molecule is CC(CC(=O)NCc1ccc(-n2cncn2)cc1)C1CCNCC1. The molecular formula is C18H25N5O. The van der Waals surface area contributed by atoms with Gasteiger partial charge in [-0.1, -0.05) is 19.1 Å². The van der Waals surface area contributed by atoms with Gasteiger partial charge in [-0.25, -0.2) is 9.67 Å². The molecule has 0 saturated carbocycles. The van der Waals surface area contributed by atoms with E-state index in [0.717, 1.165) is 24.3 Å². The average molecular weight is 327 g/mol. The summed E-state index contributed by atoms with van der Waals surface area (Å²) >= 11 is 0. The van der Waals surface area contributed by atoms with Crippen LogP contribution < -0.4 is 10.6 Å². The first-order valence-electron chi connectivity index (χ1n) is 8.64. The smallest absolute Gasteiger partial charge is 0.220 e. The molecule has 1 aromatic carbocycles. The zero-order chi connectivity index (χ0) is 16.8. The van der Waals surface area contributed by atoms with Crippen LogP contribution in [0.4, 0.5) is 0 Å². The highest BCUT2D eigenvalue weighted by molar-refractivity contribution is 5.76. The molecule has 1 unspecified atom stereocenters. The standard InChI is InChI=1S/C18H25N5O/c1-14(16-6-8-19-9-7-16)10-18(24)21-11-15-2-4-17(5-3-15)23-13-20-12-22-23/h2-5,12-14,16,19H,6-11H2,1H3,(H,21,24). The Balaban J connectivity index is 1.45. The van der Waals surface area contributed by atoms with E-state index in [1.807, 2.05) is 24.3 Å². The number of rotatable bonds is 6. The quantitative estimate of drug-likeness (QED) is 0.850. The summed E-state index contributed by atoms with van der Waals surface area (Å²) in [7, 11) is 0. The number of piperidine rings is 1. The van der Waals surface area contributed by atoms with E-state index >= 15 is 0 Å². The molecule has 1 aromatic heterocycles. The molecule has 0 spiro atoms. The lowest BCUT2D eigenvalue weighted by Crippen LogP contribution is -2.33. The van der Waals surface area contributed by atoms with Gasteiger partial charge in [0.2, 0.25) is 5.91 Å². The van der Waals surface area contributed by atoms with E-state index in [1.54, 1.807) is 11.0 Å². The number of aromatic nitrogens is 3. The van der Waals surface area contributed by atoms with Gasteiger partial charge >= 0.3 is 0 Å². The third kappa shape index (κ3) is 4.41. The van der Waals surface area contributed by atoms with Gasteiger partial charge in [0, 0.05) is 13.0 Å². The normalized spacial score (nSPS) is 16.7. The lowest BCUT2D eigenvalue weighted by atomic mass is 9.84. The molecule has 1 amide bonds. The van der Waals surface area contributed by atoms with Crippen LogP contribution in [0, 0.1) is 11.8 Å². The van der Waals surface area contributed by atoms with Gasteiger partial charge < -0.3 is 10.6 Å². The van der Waals surface area contributed by atoms with Crippen LogP contribution in [0.1, 0.15) is 31.7 Å². The molecule has 6 nitrogen and oxygen atoms in total.